The van der Waals surface area contributed by atoms with Crippen molar-refractivity contribution >= 4 is 17.7 Å². The number of Topliss-reactive ketones (excluding diaryl/α,β-unsaturated/α-hetero) is 1. The van der Waals surface area contributed by atoms with E-state index in [0.717, 1.165) is 154 Å². The smallest absolute Gasteiger partial charge is 0.306 e. The molecule has 0 aliphatic heterocycles. The highest BCUT2D eigenvalue weighted by molar-refractivity contribution is 5.78. The van der Waals surface area contributed by atoms with Crippen molar-refractivity contribution in [1.82, 2.24) is 0 Å². The van der Waals surface area contributed by atoms with E-state index in [-0.39, 0.29) is 24.1 Å². The molecule has 0 radical (unpaired) electrons. The van der Waals surface area contributed by atoms with E-state index in [1.807, 2.05) is 0 Å². The molecular formula is C37H70O5. The van der Waals surface area contributed by atoms with Crippen molar-refractivity contribution in [3.8, 4) is 0 Å². The van der Waals surface area contributed by atoms with Crippen LogP contribution in [0.4, 0.5) is 0 Å². The Kier molecular flexibility index (Phi) is 30.0. The van der Waals surface area contributed by atoms with Gasteiger partial charge in [0.15, 0.2) is 0 Å². The highest BCUT2D eigenvalue weighted by Crippen LogP contribution is 2.17. The van der Waals surface area contributed by atoms with Gasteiger partial charge in [-0.1, -0.05) is 130 Å². The number of rotatable bonds is 32. The average molecular weight is 595 g/mol. The summed E-state index contributed by atoms with van der Waals surface area (Å²) >= 11 is 0. The van der Waals surface area contributed by atoms with Crippen LogP contribution >= 0.6 is 0 Å². The molecular weight excluding hydrogens is 524 g/mol. The molecule has 0 aromatic carbocycles. The Labute approximate surface area is 261 Å². The maximum absolute atomic E-state index is 12.2. The Bertz CT molecular complexity index is 564. The molecule has 0 amide bonds. The number of hydrogen-bond acceptors (Lipinski definition) is 5. The molecule has 248 valence electrons. The van der Waals surface area contributed by atoms with Crippen LogP contribution in [0.15, 0.2) is 0 Å². The summed E-state index contributed by atoms with van der Waals surface area (Å²) in [4.78, 5) is 36.6. The first kappa shape index (κ1) is 40.6. The van der Waals surface area contributed by atoms with E-state index in [2.05, 4.69) is 27.7 Å². The number of carbonyl (C=O) groups is 3. The van der Waals surface area contributed by atoms with E-state index in [9.17, 15) is 14.4 Å². The van der Waals surface area contributed by atoms with Gasteiger partial charge in [0.05, 0.1) is 0 Å². The second kappa shape index (κ2) is 31.0. The zero-order valence-electron chi connectivity index (χ0n) is 28.5. The molecule has 0 saturated heterocycles. The molecule has 0 fully saturated rings. The molecule has 0 N–H and O–H groups in total. The summed E-state index contributed by atoms with van der Waals surface area (Å²) in [6.45, 7) is 8.72. The predicted octanol–water partition coefficient (Wildman–Crippen LogP) is 11.4. The van der Waals surface area contributed by atoms with Crippen molar-refractivity contribution in [1.29, 1.82) is 0 Å². The van der Waals surface area contributed by atoms with Gasteiger partial charge in [-0.05, 0) is 51.4 Å². The second-order valence-electron chi connectivity index (χ2n) is 12.6. The van der Waals surface area contributed by atoms with Crippen LogP contribution in [0.25, 0.3) is 0 Å². The van der Waals surface area contributed by atoms with Crippen LogP contribution in [-0.4, -0.2) is 29.9 Å². The van der Waals surface area contributed by atoms with Crippen LogP contribution in [-0.2, 0) is 23.9 Å². The van der Waals surface area contributed by atoms with Crippen molar-refractivity contribution in [3.05, 3.63) is 0 Å². The molecule has 0 aromatic rings. The number of ketones is 1. The minimum absolute atomic E-state index is 0.0217. The Morgan fingerprint density at radius 2 is 0.643 bits per heavy atom. The number of carbonyl (C=O) groups excluding carboxylic acids is 3. The fourth-order valence-electron chi connectivity index (χ4n) is 5.46. The summed E-state index contributed by atoms with van der Waals surface area (Å²) in [6.07, 6.45) is 28.5. The monoisotopic (exact) mass is 595 g/mol. The topological polar surface area (TPSA) is 69.7 Å². The van der Waals surface area contributed by atoms with E-state index >= 15 is 0 Å². The number of ether oxygens (including phenoxy) is 2. The largest absolute Gasteiger partial charge is 0.462 e. The lowest BCUT2D eigenvalue weighted by molar-refractivity contribution is -0.151. The zero-order valence-corrected chi connectivity index (χ0v) is 28.5. The van der Waals surface area contributed by atoms with Crippen LogP contribution in [0.2, 0.25) is 0 Å². The SMILES string of the molecule is CCCCC(CCCC)OC(=O)CCCCCCCCC(=O)CCCCCCCCC(=O)OC(CCCC)CCCC. The minimum Gasteiger partial charge on any atom is -0.462 e. The summed E-state index contributed by atoms with van der Waals surface area (Å²) in [5, 5.41) is 0. The average Bonchev–Trinajstić information content (AvgIpc) is 2.98. The van der Waals surface area contributed by atoms with Gasteiger partial charge in [0.25, 0.3) is 0 Å². The molecule has 5 heteroatoms. The molecule has 0 aromatic heterocycles. The van der Waals surface area contributed by atoms with Crippen LogP contribution in [0.1, 0.15) is 207 Å². The van der Waals surface area contributed by atoms with Gasteiger partial charge in [0, 0.05) is 25.7 Å². The fourth-order valence-corrected chi connectivity index (χ4v) is 5.46. The number of esters is 2. The van der Waals surface area contributed by atoms with E-state index < -0.39 is 0 Å². The van der Waals surface area contributed by atoms with Crippen LogP contribution in [0.3, 0.4) is 0 Å². The first-order valence-corrected chi connectivity index (χ1v) is 18.4. The maximum Gasteiger partial charge on any atom is 0.306 e. The van der Waals surface area contributed by atoms with E-state index in [0.29, 0.717) is 31.5 Å². The summed E-state index contributed by atoms with van der Waals surface area (Å²) in [6, 6.07) is 0. The molecule has 0 bridgehead atoms. The molecule has 0 heterocycles. The van der Waals surface area contributed by atoms with Crippen LogP contribution in [0, 0.1) is 0 Å². The van der Waals surface area contributed by atoms with Gasteiger partial charge in [-0.2, -0.15) is 0 Å². The van der Waals surface area contributed by atoms with Crippen LogP contribution < -0.4 is 0 Å². The molecule has 0 rings (SSSR count). The van der Waals surface area contributed by atoms with Crippen LogP contribution in [0.5, 0.6) is 0 Å². The summed E-state index contributed by atoms with van der Waals surface area (Å²) in [5.74, 6) is 0.361. The standard InChI is InChI=1S/C37H70O5/c1-5-9-27-34(28-10-6-2)41-36(39)31-23-19-15-13-17-21-25-33(38)26-22-18-14-16-20-24-32-37(40)42-35(29-11-7-3)30-12-8-4/h34-35H,5-32H2,1-4H3. The minimum atomic E-state index is -0.0217. The third-order valence-corrected chi connectivity index (χ3v) is 8.29. The van der Waals surface area contributed by atoms with E-state index in [1.165, 1.54) is 0 Å². The van der Waals surface area contributed by atoms with E-state index in [1.54, 1.807) is 0 Å². The fraction of sp³-hybridized carbons (Fsp3) is 0.919. The predicted molar refractivity (Wildman–Crippen MR) is 177 cm³/mol. The Morgan fingerprint density at radius 1 is 0.381 bits per heavy atom. The molecule has 0 atom stereocenters. The third kappa shape index (κ3) is 27.4. The van der Waals surface area contributed by atoms with Gasteiger partial charge >= 0.3 is 11.9 Å². The van der Waals surface area contributed by atoms with Gasteiger partial charge in [0.1, 0.15) is 18.0 Å². The first-order valence-electron chi connectivity index (χ1n) is 18.4. The van der Waals surface area contributed by atoms with Gasteiger partial charge in [-0.25, -0.2) is 0 Å². The summed E-state index contributed by atoms with van der Waals surface area (Å²) in [5.41, 5.74) is 0. The Morgan fingerprint density at radius 3 is 0.929 bits per heavy atom. The highest BCUT2D eigenvalue weighted by Gasteiger charge is 2.14. The van der Waals surface area contributed by atoms with Crippen molar-refractivity contribution in [2.75, 3.05) is 0 Å². The Hall–Kier alpha value is -1.39. The van der Waals surface area contributed by atoms with Gasteiger partial charge in [0.2, 0.25) is 0 Å². The molecule has 0 aliphatic carbocycles. The molecule has 0 spiro atoms. The number of unbranched alkanes of at least 4 members (excludes halogenated alkanes) is 14. The van der Waals surface area contributed by atoms with Gasteiger partial charge < -0.3 is 9.47 Å². The van der Waals surface area contributed by atoms with Gasteiger partial charge in [-0.15, -0.1) is 0 Å². The third-order valence-electron chi connectivity index (χ3n) is 8.29. The molecule has 0 unspecified atom stereocenters. The number of hydrogen-bond donors (Lipinski definition) is 0. The van der Waals surface area contributed by atoms with Crippen molar-refractivity contribution in [2.24, 2.45) is 0 Å². The zero-order chi connectivity index (χ0) is 31.1. The first-order chi connectivity index (χ1) is 20.5. The molecule has 42 heavy (non-hydrogen) atoms. The van der Waals surface area contributed by atoms with Crippen molar-refractivity contribution < 1.29 is 23.9 Å². The Balaban J connectivity index is 3.63. The quantitative estimate of drug-likeness (QED) is 0.0572. The lowest BCUT2D eigenvalue weighted by Crippen LogP contribution is -2.18. The van der Waals surface area contributed by atoms with Gasteiger partial charge in [-0.3, -0.25) is 14.4 Å². The van der Waals surface area contributed by atoms with Crippen molar-refractivity contribution in [3.63, 3.8) is 0 Å². The lowest BCUT2D eigenvalue weighted by Gasteiger charge is -2.17. The van der Waals surface area contributed by atoms with Crippen molar-refractivity contribution in [2.45, 2.75) is 220 Å². The maximum atomic E-state index is 12.2. The normalized spacial score (nSPS) is 11.4. The highest BCUT2D eigenvalue weighted by atomic mass is 16.5. The molecule has 5 nitrogen and oxygen atoms in total. The summed E-state index contributed by atoms with van der Waals surface area (Å²) in [7, 11) is 0. The summed E-state index contributed by atoms with van der Waals surface area (Å²) < 4.78 is 11.5. The van der Waals surface area contributed by atoms with E-state index in [4.69, 9.17) is 9.47 Å². The lowest BCUT2D eigenvalue weighted by atomic mass is 10.0. The second-order valence-corrected chi connectivity index (χ2v) is 12.6. The molecule has 0 aliphatic rings. The molecule has 0 saturated carbocycles.